The lowest BCUT2D eigenvalue weighted by Gasteiger charge is -2.12. The first-order chi connectivity index (χ1) is 11.4. The predicted molar refractivity (Wildman–Crippen MR) is 86.1 cm³/mol. The third-order valence-corrected chi connectivity index (χ3v) is 3.84. The first-order valence-corrected chi connectivity index (χ1v) is 7.33. The molecule has 1 aliphatic heterocycles. The quantitative estimate of drug-likeness (QED) is 0.751. The van der Waals surface area contributed by atoms with E-state index < -0.39 is 0 Å². The summed E-state index contributed by atoms with van der Waals surface area (Å²) in [5, 5.41) is 8.40. The fourth-order valence-corrected chi connectivity index (χ4v) is 2.85. The molecule has 1 aliphatic rings. The zero-order valence-electron chi connectivity index (χ0n) is 12.4. The average Bonchev–Trinajstić information content (AvgIpc) is 2.91. The highest BCUT2D eigenvalue weighted by Crippen LogP contribution is 2.25. The molecule has 114 valence electrons. The Hall–Kier alpha value is -2.83. The standard InChI is InChI=1S/C17H15N5O/c18-23-11-16-21-20-15-10-19-17(12-6-2-1-3-7-12)13-8-4-5-9-14(13)22(15)16/h1-9H,10-11,18H2. The van der Waals surface area contributed by atoms with Crippen molar-refractivity contribution in [2.45, 2.75) is 13.2 Å². The monoisotopic (exact) mass is 305 g/mol. The van der Waals surface area contributed by atoms with Crippen LogP contribution in [0.3, 0.4) is 0 Å². The van der Waals surface area contributed by atoms with Gasteiger partial charge in [-0.1, -0.05) is 48.5 Å². The number of para-hydroxylation sites is 1. The molecule has 6 heteroatoms. The van der Waals surface area contributed by atoms with Crippen molar-refractivity contribution in [3.63, 3.8) is 0 Å². The largest absolute Gasteiger partial charge is 0.296 e. The van der Waals surface area contributed by atoms with E-state index in [4.69, 9.17) is 15.7 Å². The summed E-state index contributed by atoms with van der Waals surface area (Å²) in [4.78, 5) is 9.53. The first kappa shape index (κ1) is 13.8. The maximum atomic E-state index is 5.22. The van der Waals surface area contributed by atoms with Crippen LogP contribution in [0.2, 0.25) is 0 Å². The second-order valence-corrected chi connectivity index (χ2v) is 5.23. The van der Waals surface area contributed by atoms with Gasteiger partial charge in [0, 0.05) is 11.1 Å². The van der Waals surface area contributed by atoms with Crippen LogP contribution in [0.1, 0.15) is 22.8 Å². The zero-order valence-corrected chi connectivity index (χ0v) is 12.4. The third kappa shape index (κ3) is 2.34. The highest BCUT2D eigenvalue weighted by molar-refractivity contribution is 6.15. The van der Waals surface area contributed by atoms with Crippen molar-refractivity contribution in [2.24, 2.45) is 10.9 Å². The Morgan fingerprint density at radius 3 is 2.61 bits per heavy atom. The van der Waals surface area contributed by atoms with Crippen LogP contribution >= 0.6 is 0 Å². The van der Waals surface area contributed by atoms with E-state index >= 15 is 0 Å². The van der Waals surface area contributed by atoms with E-state index in [2.05, 4.69) is 28.4 Å². The lowest BCUT2D eigenvalue weighted by molar-refractivity contribution is 0.117. The Bertz CT molecular complexity index is 870. The molecule has 0 atom stereocenters. The normalized spacial score (nSPS) is 13.0. The summed E-state index contributed by atoms with van der Waals surface area (Å²) in [6, 6.07) is 18.2. The Morgan fingerprint density at radius 2 is 1.78 bits per heavy atom. The summed E-state index contributed by atoms with van der Waals surface area (Å²) in [5.41, 5.74) is 4.05. The van der Waals surface area contributed by atoms with Crippen molar-refractivity contribution in [3.8, 4) is 5.69 Å². The van der Waals surface area contributed by atoms with Crippen molar-refractivity contribution in [1.82, 2.24) is 14.8 Å². The van der Waals surface area contributed by atoms with Crippen LogP contribution in [-0.2, 0) is 18.0 Å². The number of aromatic nitrogens is 3. The number of aliphatic imine (C=N–C) groups is 1. The second kappa shape index (κ2) is 5.75. The topological polar surface area (TPSA) is 78.3 Å². The number of benzene rings is 2. The van der Waals surface area contributed by atoms with E-state index in [0.29, 0.717) is 12.4 Å². The zero-order chi connectivity index (χ0) is 15.6. The third-order valence-electron chi connectivity index (χ3n) is 3.84. The van der Waals surface area contributed by atoms with E-state index in [1.54, 1.807) is 0 Å². The maximum Gasteiger partial charge on any atom is 0.165 e. The molecule has 0 amide bonds. The van der Waals surface area contributed by atoms with Crippen LogP contribution < -0.4 is 5.90 Å². The summed E-state index contributed by atoms with van der Waals surface area (Å²) in [7, 11) is 0. The van der Waals surface area contributed by atoms with Gasteiger partial charge in [0.2, 0.25) is 0 Å². The van der Waals surface area contributed by atoms with E-state index in [1.807, 2.05) is 41.0 Å². The SMILES string of the molecule is NOCc1nnc2n1-c1ccccc1C(c1ccccc1)=NC2. The van der Waals surface area contributed by atoms with Gasteiger partial charge in [-0.25, -0.2) is 5.90 Å². The van der Waals surface area contributed by atoms with Crippen LogP contribution in [0, 0.1) is 0 Å². The van der Waals surface area contributed by atoms with Gasteiger partial charge in [0.25, 0.3) is 0 Å². The Labute approximate surface area is 133 Å². The molecule has 1 aromatic heterocycles. The van der Waals surface area contributed by atoms with Gasteiger partial charge in [0.1, 0.15) is 13.2 Å². The van der Waals surface area contributed by atoms with Crippen molar-refractivity contribution in [1.29, 1.82) is 0 Å². The first-order valence-electron chi connectivity index (χ1n) is 7.33. The fourth-order valence-electron chi connectivity index (χ4n) is 2.85. The molecule has 0 unspecified atom stereocenters. The van der Waals surface area contributed by atoms with Gasteiger partial charge < -0.3 is 0 Å². The van der Waals surface area contributed by atoms with Crippen molar-refractivity contribution >= 4 is 5.71 Å². The van der Waals surface area contributed by atoms with Crippen LogP contribution in [0.4, 0.5) is 0 Å². The van der Waals surface area contributed by atoms with Gasteiger partial charge in [-0.2, -0.15) is 0 Å². The molecule has 0 spiro atoms. The summed E-state index contributed by atoms with van der Waals surface area (Å²) in [6.07, 6.45) is 0. The lowest BCUT2D eigenvalue weighted by Crippen LogP contribution is -2.11. The molecule has 0 aliphatic carbocycles. The van der Waals surface area contributed by atoms with Gasteiger partial charge in [0.15, 0.2) is 11.6 Å². The Balaban J connectivity index is 1.93. The number of nitrogens with two attached hydrogens (primary N) is 1. The van der Waals surface area contributed by atoms with Crippen molar-refractivity contribution in [3.05, 3.63) is 77.4 Å². The van der Waals surface area contributed by atoms with E-state index in [-0.39, 0.29) is 6.61 Å². The smallest absolute Gasteiger partial charge is 0.165 e. The second-order valence-electron chi connectivity index (χ2n) is 5.23. The van der Waals surface area contributed by atoms with E-state index in [0.717, 1.165) is 28.4 Å². The fraction of sp³-hybridized carbons (Fsp3) is 0.118. The highest BCUT2D eigenvalue weighted by atomic mass is 16.6. The van der Waals surface area contributed by atoms with Crippen molar-refractivity contribution in [2.75, 3.05) is 0 Å². The molecule has 4 rings (SSSR count). The summed E-state index contributed by atoms with van der Waals surface area (Å²) in [5.74, 6) is 6.66. The summed E-state index contributed by atoms with van der Waals surface area (Å²) in [6.45, 7) is 0.651. The van der Waals surface area contributed by atoms with Gasteiger partial charge in [-0.3, -0.25) is 14.4 Å². The van der Waals surface area contributed by atoms with Gasteiger partial charge in [0.05, 0.1) is 11.4 Å². The molecule has 0 saturated carbocycles. The van der Waals surface area contributed by atoms with Gasteiger partial charge >= 0.3 is 0 Å². The number of hydrogen-bond acceptors (Lipinski definition) is 5. The van der Waals surface area contributed by atoms with Crippen LogP contribution in [0.15, 0.2) is 59.6 Å². The van der Waals surface area contributed by atoms with Crippen LogP contribution in [0.5, 0.6) is 0 Å². The molecule has 2 aromatic carbocycles. The molecule has 6 nitrogen and oxygen atoms in total. The summed E-state index contributed by atoms with van der Waals surface area (Å²) >= 11 is 0. The molecule has 0 saturated heterocycles. The molecular weight excluding hydrogens is 290 g/mol. The predicted octanol–water partition coefficient (Wildman–Crippen LogP) is 2.01. The average molecular weight is 305 g/mol. The maximum absolute atomic E-state index is 5.22. The lowest BCUT2D eigenvalue weighted by atomic mass is 10.0. The number of hydrogen-bond donors (Lipinski definition) is 1. The minimum Gasteiger partial charge on any atom is -0.296 e. The summed E-state index contributed by atoms with van der Waals surface area (Å²) < 4.78 is 1.97. The Kier molecular flexibility index (Phi) is 3.45. The van der Waals surface area contributed by atoms with Crippen LogP contribution in [0.25, 0.3) is 5.69 Å². The molecule has 2 heterocycles. The van der Waals surface area contributed by atoms with Crippen molar-refractivity contribution < 1.29 is 4.84 Å². The molecule has 0 radical (unpaired) electrons. The molecule has 0 fully saturated rings. The van der Waals surface area contributed by atoms with Crippen LogP contribution in [-0.4, -0.2) is 20.5 Å². The van der Waals surface area contributed by atoms with E-state index in [1.165, 1.54) is 0 Å². The number of rotatable bonds is 3. The number of fused-ring (bicyclic) bond motifs is 3. The molecule has 2 N–H and O–H groups in total. The minimum absolute atomic E-state index is 0.196. The highest BCUT2D eigenvalue weighted by Gasteiger charge is 2.22. The molecule has 23 heavy (non-hydrogen) atoms. The molecular formula is C17H15N5O. The van der Waals surface area contributed by atoms with E-state index in [9.17, 15) is 0 Å². The number of nitrogens with zero attached hydrogens (tertiary/aromatic N) is 4. The minimum atomic E-state index is 0.196. The van der Waals surface area contributed by atoms with Gasteiger partial charge in [-0.15, -0.1) is 10.2 Å². The molecule has 3 aromatic rings. The Morgan fingerprint density at radius 1 is 1.00 bits per heavy atom. The molecule has 0 bridgehead atoms. The van der Waals surface area contributed by atoms with Gasteiger partial charge in [-0.05, 0) is 6.07 Å².